The van der Waals surface area contributed by atoms with Gasteiger partial charge in [0, 0.05) is 46.8 Å². The van der Waals surface area contributed by atoms with Crippen molar-refractivity contribution in [3.8, 4) is 34.1 Å². The first-order valence-corrected chi connectivity index (χ1v) is 15.3. The lowest BCUT2D eigenvalue weighted by molar-refractivity contribution is 0.0728. The fourth-order valence-electron chi connectivity index (χ4n) is 4.98. The van der Waals surface area contributed by atoms with Crippen molar-refractivity contribution in [3.05, 3.63) is 101 Å². The van der Waals surface area contributed by atoms with E-state index in [0.29, 0.717) is 57.9 Å². The molecule has 0 bridgehead atoms. The lowest BCUT2D eigenvalue weighted by Crippen LogP contribution is -2.19. The molecular weight excluding hydrogens is 620 g/mol. The van der Waals surface area contributed by atoms with Crippen molar-refractivity contribution in [2.45, 2.75) is 13.8 Å². The van der Waals surface area contributed by atoms with Crippen LogP contribution in [0.2, 0.25) is 5.02 Å². The molecule has 0 radical (unpaired) electrons. The standard InChI is InChI=1S/C36H35ClN4O6/c1-6-45-29-17-13-23(19-32(29)46-7-2)36(43)47-30-16-12-22(18-31(30)44-5)21-38-40-35(42)34-33(25-10-8-9-11-27(25)37)26-20-24(41(3)4)14-15-28(26)39-34/h8-21,39H,6-7H2,1-5H3,(H,40,42). The number of aromatic amines is 1. The Kier molecular flexibility index (Phi) is 10.3. The van der Waals surface area contributed by atoms with Crippen molar-refractivity contribution in [3.63, 3.8) is 0 Å². The molecule has 1 aromatic heterocycles. The van der Waals surface area contributed by atoms with Gasteiger partial charge >= 0.3 is 5.97 Å². The van der Waals surface area contributed by atoms with Crippen LogP contribution in [0.15, 0.2) is 84.0 Å². The number of H-pyrrole nitrogens is 1. The summed E-state index contributed by atoms with van der Waals surface area (Å²) in [6.07, 6.45) is 1.47. The lowest BCUT2D eigenvalue weighted by Gasteiger charge is -2.13. The summed E-state index contributed by atoms with van der Waals surface area (Å²) >= 11 is 6.59. The predicted molar refractivity (Wildman–Crippen MR) is 185 cm³/mol. The Morgan fingerprint density at radius 1 is 0.894 bits per heavy atom. The summed E-state index contributed by atoms with van der Waals surface area (Å²) in [5, 5.41) is 5.55. The van der Waals surface area contributed by atoms with E-state index < -0.39 is 11.9 Å². The molecule has 0 aliphatic rings. The number of hydrazone groups is 1. The smallest absolute Gasteiger partial charge is 0.343 e. The molecule has 47 heavy (non-hydrogen) atoms. The van der Waals surface area contributed by atoms with Gasteiger partial charge in [-0.3, -0.25) is 4.79 Å². The van der Waals surface area contributed by atoms with Crippen LogP contribution >= 0.6 is 11.6 Å². The molecule has 2 N–H and O–H groups in total. The summed E-state index contributed by atoms with van der Waals surface area (Å²) in [4.78, 5) is 31.7. The van der Waals surface area contributed by atoms with Gasteiger partial charge in [-0.2, -0.15) is 5.10 Å². The van der Waals surface area contributed by atoms with Gasteiger partial charge in [-0.25, -0.2) is 10.2 Å². The Bertz CT molecular complexity index is 1950. The molecular formula is C36H35ClN4O6. The first-order chi connectivity index (χ1) is 22.7. The molecule has 0 atom stereocenters. The highest BCUT2D eigenvalue weighted by Crippen LogP contribution is 2.38. The quantitative estimate of drug-likeness (QED) is 0.0626. The van der Waals surface area contributed by atoms with Crippen LogP contribution in [0.4, 0.5) is 5.69 Å². The van der Waals surface area contributed by atoms with Gasteiger partial charge < -0.3 is 28.8 Å². The molecule has 5 aromatic rings. The van der Waals surface area contributed by atoms with E-state index in [4.69, 9.17) is 30.5 Å². The second-order valence-electron chi connectivity index (χ2n) is 10.5. The SMILES string of the molecule is CCOc1ccc(C(=O)Oc2ccc(C=NNC(=O)c3[nH]c4ccc(N(C)C)cc4c3-c3ccccc3Cl)cc2OC)cc1OCC. The molecule has 0 aliphatic carbocycles. The van der Waals surface area contributed by atoms with Crippen molar-refractivity contribution in [2.24, 2.45) is 5.10 Å². The number of methoxy groups -OCH3 is 1. The molecule has 1 amide bonds. The van der Waals surface area contributed by atoms with Gasteiger partial charge in [0.1, 0.15) is 5.69 Å². The number of hydrogen-bond donors (Lipinski definition) is 2. The summed E-state index contributed by atoms with van der Waals surface area (Å²) in [6.45, 7) is 4.60. The third-order valence-corrected chi connectivity index (χ3v) is 7.55. The van der Waals surface area contributed by atoms with E-state index in [2.05, 4.69) is 15.5 Å². The number of aromatic nitrogens is 1. The molecule has 1 heterocycles. The summed E-state index contributed by atoms with van der Waals surface area (Å²) < 4.78 is 22.3. The number of amides is 1. The fraction of sp³-hybridized carbons (Fsp3) is 0.194. The maximum atomic E-state index is 13.5. The minimum absolute atomic E-state index is 0.213. The molecule has 242 valence electrons. The van der Waals surface area contributed by atoms with E-state index in [1.807, 2.05) is 69.2 Å². The van der Waals surface area contributed by atoms with Gasteiger partial charge in [-0.05, 0) is 80.1 Å². The Labute approximate surface area is 277 Å². The number of halogens is 1. The number of hydrogen-bond acceptors (Lipinski definition) is 8. The molecule has 0 saturated heterocycles. The maximum absolute atomic E-state index is 13.5. The molecule has 4 aromatic carbocycles. The third-order valence-electron chi connectivity index (χ3n) is 7.22. The van der Waals surface area contributed by atoms with Crippen LogP contribution in [0.1, 0.15) is 40.3 Å². The molecule has 0 aliphatic heterocycles. The van der Waals surface area contributed by atoms with Crippen LogP contribution in [-0.2, 0) is 0 Å². The van der Waals surface area contributed by atoms with Crippen LogP contribution in [0.3, 0.4) is 0 Å². The third kappa shape index (κ3) is 7.34. The zero-order valence-corrected chi connectivity index (χ0v) is 27.5. The summed E-state index contributed by atoms with van der Waals surface area (Å²) in [7, 11) is 5.38. The van der Waals surface area contributed by atoms with E-state index >= 15 is 0 Å². The average molecular weight is 655 g/mol. The number of rotatable bonds is 12. The van der Waals surface area contributed by atoms with Crippen LogP contribution in [-0.4, -0.2) is 57.5 Å². The highest BCUT2D eigenvalue weighted by molar-refractivity contribution is 6.34. The molecule has 5 rings (SSSR count). The van der Waals surface area contributed by atoms with Gasteiger partial charge in [0.15, 0.2) is 23.0 Å². The molecule has 0 fully saturated rings. The zero-order valence-electron chi connectivity index (χ0n) is 26.7. The molecule has 11 heteroatoms. The first-order valence-electron chi connectivity index (χ1n) is 14.9. The highest BCUT2D eigenvalue weighted by atomic mass is 35.5. The average Bonchev–Trinajstić information content (AvgIpc) is 3.45. The topological polar surface area (TPSA) is 114 Å². The van der Waals surface area contributed by atoms with E-state index in [9.17, 15) is 9.59 Å². The van der Waals surface area contributed by atoms with Gasteiger partial charge in [-0.1, -0.05) is 29.8 Å². The van der Waals surface area contributed by atoms with E-state index in [-0.39, 0.29) is 5.75 Å². The van der Waals surface area contributed by atoms with Crippen LogP contribution in [0, 0.1) is 0 Å². The van der Waals surface area contributed by atoms with Gasteiger partial charge in [-0.15, -0.1) is 0 Å². The van der Waals surface area contributed by atoms with Crippen molar-refractivity contribution >= 4 is 46.3 Å². The number of benzene rings is 4. The summed E-state index contributed by atoms with van der Waals surface area (Å²) in [6, 6.07) is 23.1. The van der Waals surface area contributed by atoms with Gasteiger partial charge in [0.25, 0.3) is 5.91 Å². The summed E-state index contributed by atoms with van der Waals surface area (Å²) in [5.41, 5.74) is 6.98. The molecule has 0 spiro atoms. The van der Waals surface area contributed by atoms with E-state index in [0.717, 1.165) is 22.2 Å². The minimum atomic E-state index is -0.591. The number of nitrogens with one attached hydrogen (secondary N) is 2. The van der Waals surface area contributed by atoms with Gasteiger partial charge in [0.05, 0.1) is 32.1 Å². The van der Waals surface area contributed by atoms with Crippen molar-refractivity contribution in [1.29, 1.82) is 0 Å². The Morgan fingerprint density at radius 2 is 1.64 bits per heavy atom. The van der Waals surface area contributed by atoms with Crippen LogP contribution < -0.4 is 29.3 Å². The molecule has 0 saturated carbocycles. The largest absolute Gasteiger partial charge is 0.493 e. The minimum Gasteiger partial charge on any atom is -0.493 e. The van der Waals surface area contributed by atoms with E-state index in [1.165, 1.54) is 13.3 Å². The Morgan fingerprint density at radius 3 is 2.36 bits per heavy atom. The number of carbonyl (C=O) groups is 2. The van der Waals surface area contributed by atoms with Crippen LogP contribution in [0.5, 0.6) is 23.0 Å². The predicted octanol–water partition coefficient (Wildman–Crippen LogP) is 7.34. The molecule has 0 unspecified atom stereocenters. The number of nitrogens with zero attached hydrogens (tertiary/aromatic N) is 2. The molecule has 10 nitrogen and oxygen atoms in total. The lowest BCUT2D eigenvalue weighted by atomic mass is 10.0. The fourth-order valence-corrected chi connectivity index (χ4v) is 5.21. The number of ether oxygens (including phenoxy) is 4. The van der Waals surface area contributed by atoms with E-state index in [1.54, 1.807) is 42.5 Å². The first kappa shape index (κ1) is 32.9. The van der Waals surface area contributed by atoms with Crippen molar-refractivity contribution in [1.82, 2.24) is 10.4 Å². The van der Waals surface area contributed by atoms with Gasteiger partial charge in [0.2, 0.25) is 0 Å². The monoisotopic (exact) mass is 654 g/mol. The number of anilines is 1. The number of fused-ring (bicyclic) bond motifs is 1. The number of carbonyl (C=O) groups excluding carboxylic acids is 2. The second-order valence-corrected chi connectivity index (χ2v) is 10.9. The second kappa shape index (κ2) is 14.7. The maximum Gasteiger partial charge on any atom is 0.343 e. The van der Waals surface area contributed by atoms with Crippen molar-refractivity contribution < 1.29 is 28.5 Å². The summed E-state index contributed by atoms with van der Waals surface area (Å²) in [5.74, 6) is 0.476. The Balaban J connectivity index is 1.35. The zero-order chi connectivity index (χ0) is 33.5. The van der Waals surface area contributed by atoms with Crippen LogP contribution in [0.25, 0.3) is 22.0 Å². The highest BCUT2D eigenvalue weighted by Gasteiger charge is 2.22. The van der Waals surface area contributed by atoms with Crippen molar-refractivity contribution in [2.75, 3.05) is 39.3 Å². The number of esters is 1. The normalized spacial score (nSPS) is 11.0. The Hall–Kier alpha value is -5.48.